The van der Waals surface area contributed by atoms with Crippen LogP contribution in [0.4, 0.5) is 0 Å². The summed E-state index contributed by atoms with van der Waals surface area (Å²) in [6.07, 6.45) is 1.02. The van der Waals surface area contributed by atoms with Crippen molar-refractivity contribution in [1.82, 2.24) is 5.32 Å². The monoisotopic (exact) mass is 163 g/mol. The van der Waals surface area contributed by atoms with Gasteiger partial charge in [0.15, 0.2) is 5.12 Å². The van der Waals surface area contributed by atoms with E-state index in [1.54, 1.807) is 7.05 Å². The molecule has 0 aliphatic rings. The number of rotatable bonds is 3. The normalized spacial score (nSPS) is 8.67. The van der Waals surface area contributed by atoms with Crippen LogP contribution in [-0.4, -0.2) is 17.2 Å². The van der Waals surface area contributed by atoms with Crippen molar-refractivity contribution < 1.29 is 4.79 Å². The minimum Gasteiger partial charge on any atom is -0.383 e. The summed E-state index contributed by atoms with van der Waals surface area (Å²) >= 11 is 8.36. The predicted octanol–water partition coefficient (Wildman–Crippen LogP) is 0.770. The van der Waals surface area contributed by atoms with Crippen molar-refractivity contribution in [1.29, 1.82) is 0 Å². The Morgan fingerprint density at radius 2 is 2.22 bits per heavy atom. The lowest BCUT2D eigenvalue weighted by molar-refractivity contribution is -0.110. The summed E-state index contributed by atoms with van der Waals surface area (Å²) in [7, 11) is 1.74. The van der Waals surface area contributed by atoms with Crippen LogP contribution in [0.2, 0.25) is 0 Å². The quantitative estimate of drug-likeness (QED) is 0.475. The van der Waals surface area contributed by atoms with E-state index in [0.29, 0.717) is 17.8 Å². The van der Waals surface area contributed by atoms with E-state index in [2.05, 4.69) is 17.9 Å². The van der Waals surface area contributed by atoms with Crippen LogP contribution in [0.5, 0.6) is 0 Å². The van der Waals surface area contributed by atoms with Crippen molar-refractivity contribution in [2.45, 2.75) is 12.8 Å². The molecule has 0 aliphatic carbocycles. The Kier molecular flexibility index (Phi) is 4.71. The number of thiol groups is 1. The van der Waals surface area contributed by atoms with Gasteiger partial charge >= 0.3 is 0 Å². The molecule has 52 valence electrons. The summed E-state index contributed by atoms with van der Waals surface area (Å²) < 4.78 is 0. The smallest absolute Gasteiger partial charge is 0.186 e. The van der Waals surface area contributed by atoms with E-state index < -0.39 is 0 Å². The largest absolute Gasteiger partial charge is 0.383 e. The van der Waals surface area contributed by atoms with Crippen LogP contribution in [0.25, 0.3) is 0 Å². The summed E-state index contributed by atoms with van der Waals surface area (Å²) in [5, 5.41) is 2.65. The number of hydrogen-bond acceptors (Lipinski definition) is 2. The SMILES string of the molecule is CNC(=S)CCC(=O)S. The van der Waals surface area contributed by atoms with Gasteiger partial charge in [-0.2, -0.15) is 0 Å². The van der Waals surface area contributed by atoms with E-state index >= 15 is 0 Å². The minimum atomic E-state index is -0.118. The third-order valence-corrected chi connectivity index (χ3v) is 1.48. The van der Waals surface area contributed by atoms with Gasteiger partial charge in [0.25, 0.3) is 0 Å². The summed E-state index contributed by atoms with van der Waals surface area (Å²) in [6.45, 7) is 0. The van der Waals surface area contributed by atoms with Crippen molar-refractivity contribution in [2.24, 2.45) is 0 Å². The molecule has 9 heavy (non-hydrogen) atoms. The van der Waals surface area contributed by atoms with Crippen LogP contribution in [0.15, 0.2) is 0 Å². The molecular formula is C5H9NOS2. The number of hydrogen-bond donors (Lipinski definition) is 2. The Morgan fingerprint density at radius 1 is 1.67 bits per heavy atom. The van der Waals surface area contributed by atoms with Gasteiger partial charge in [0.2, 0.25) is 0 Å². The zero-order valence-corrected chi connectivity index (χ0v) is 6.89. The molecule has 0 bridgehead atoms. The van der Waals surface area contributed by atoms with Crippen molar-refractivity contribution in [3.8, 4) is 0 Å². The summed E-state index contributed by atoms with van der Waals surface area (Å²) in [6, 6.07) is 0. The van der Waals surface area contributed by atoms with Gasteiger partial charge < -0.3 is 5.32 Å². The molecule has 0 fully saturated rings. The van der Waals surface area contributed by atoms with Crippen LogP contribution in [0.3, 0.4) is 0 Å². The molecule has 0 amide bonds. The van der Waals surface area contributed by atoms with E-state index in [4.69, 9.17) is 12.2 Å². The molecule has 0 aromatic rings. The fraction of sp³-hybridized carbons (Fsp3) is 0.600. The Labute approximate surface area is 65.4 Å². The zero-order valence-electron chi connectivity index (χ0n) is 5.18. The Morgan fingerprint density at radius 3 is 2.56 bits per heavy atom. The fourth-order valence-corrected chi connectivity index (χ4v) is 0.559. The minimum absolute atomic E-state index is 0.118. The molecule has 1 N–H and O–H groups in total. The molecule has 4 heteroatoms. The van der Waals surface area contributed by atoms with Crippen LogP contribution < -0.4 is 5.32 Å². The average Bonchev–Trinajstić information content (AvgIpc) is 1.83. The average molecular weight is 163 g/mol. The highest BCUT2D eigenvalue weighted by Crippen LogP contribution is 1.94. The summed E-state index contributed by atoms with van der Waals surface area (Å²) in [5.74, 6) is 0. The van der Waals surface area contributed by atoms with Crippen LogP contribution in [0.1, 0.15) is 12.8 Å². The van der Waals surface area contributed by atoms with Crippen molar-refractivity contribution in [2.75, 3.05) is 7.05 Å². The molecule has 0 aromatic carbocycles. The Hall–Kier alpha value is -0.0900. The molecule has 0 unspecified atom stereocenters. The van der Waals surface area contributed by atoms with Gasteiger partial charge in [0, 0.05) is 19.9 Å². The molecule has 0 aliphatic heterocycles. The first-order valence-corrected chi connectivity index (χ1v) is 3.44. The molecule has 0 heterocycles. The third-order valence-electron chi connectivity index (χ3n) is 0.845. The molecule has 0 saturated heterocycles. The van der Waals surface area contributed by atoms with E-state index in [1.807, 2.05) is 0 Å². The van der Waals surface area contributed by atoms with Gasteiger partial charge in [-0.1, -0.05) is 12.2 Å². The van der Waals surface area contributed by atoms with Crippen molar-refractivity contribution in [3.05, 3.63) is 0 Å². The maximum absolute atomic E-state index is 10.2. The second kappa shape index (κ2) is 4.76. The predicted molar refractivity (Wildman–Crippen MR) is 44.9 cm³/mol. The standard InChI is InChI=1S/C5H9NOS2/c1-6-4(8)2-3-5(7)9/h2-3H2,1H3,(H,6,8)(H,7,9). The first-order chi connectivity index (χ1) is 4.16. The second-order valence-electron chi connectivity index (χ2n) is 1.57. The van der Waals surface area contributed by atoms with Crippen molar-refractivity contribution in [3.63, 3.8) is 0 Å². The number of carbonyl (C=O) groups excluding carboxylic acids is 1. The molecule has 2 nitrogen and oxygen atoms in total. The first kappa shape index (κ1) is 8.91. The maximum atomic E-state index is 10.2. The highest BCUT2D eigenvalue weighted by atomic mass is 32.1. The van der Waals surface area contributed by atoms with E-state index in [0.717, 1.165) is 0 Å². The van der Waals surface area contributed by atoms with E-state index in [9.17, 15) is 4.79 Å². The van der Waals surface area contributed by atoms with Gasteiger partial charge in [-0.3, -0.25) is 4.79 Å². The molecule has 0 radical (unpaired) electrons. The molecule has 0 saturated carbocycles. The lowest BCUT2D eigenvalue weighted by Gasteiger charge is -1.97. The van der Waals surface area contributed by atoms with Crippen LogP contribution >= 0.6 is 24.8 Å². The molecule has 0 spiro atoms. The maximum Gasteiger partial charge on any atom is 0.186 e. The van der Waals surface area contributed by atoms with Gasteiger partial charge in [-0.15, -0.1) is 12.6 Å². The molecular weight excluding hydrogens is 154 g/mol. The van der Waals surface area contributed by atoms with Crippen LogP contribution in [-0.2, 0) is 4.79 Å². The molecule has 0 aromatic heterocycles. The fourth-order valence-electron chi connectivity index (χ4n) is 0.345. The Balaban J connectivity index is 3.28. The first-order valence-electron chi connectivity index (χ1n) is 2.59. The summed E-state index contributed by atoms with van der Waals surface area (Å²) in [4.78, 5) is 10.9. The number of carbonyl (C=O) groups is 1. The van der Waals surface area contributed by atoms with Crippen LogP contribution in [0, 0.1) is 0 Å². The van der Waals surface area contributed by atoms with Crippen molar-refractivity contribution >= 4 is 35.0 Å². The van der Waals surface area contributed by atoms with Gasteiger partial charge in [-0.05, 0) is 0 Å². The van der Waals surface area contributed by atoms with Gasteiger partial charge in [0.1, 0.15) is 0 Å². The summed E-state index contributed by atoms with van der Waals surface area (Å²) in [5.41, 5.74) is 0. The number of thiocarbonyl (C=S) groups is 1. The second-order valence-corrected chi connectivity index (χ2v) is 2.56. The highest BCUT2D eigenvalue weighted by molar-refractivity contribution is 7.96. The van der Waals surface area contributed by atoms with Gasteiger partial charge in [-0.25, -0.2) is 0 Å². The van der Waals surface area contributed by atoms with Gasteiger partial charge in [0.05, 0.1) is 4.99 Å². The third kappa shape index (κ3) is 5.79. The zero-order chi connectivity index (χ0) is 7.28. The molecule has 0 atom stereocenters. The topological polar surface area (TPSA) is 29.1 Å². The molecule has 0 rings (SSSR count). The lowest BCUT2D eigenvalue weighted by atomic mass is 10.3. The number of nitrogens with one attached hydrogen (secondary N) is 1. The lowest BCUT2D eigenvalue weighted by Crippen LogP contribution is -2.15. The highest BCUT2D eigenvalue weighted by Gasteiger charge is 1.96. The van der Waals surface area contributed by atoms with E-state index in [-0.39, 0.29) is 5.12 Å². The Bertz CT molecular complexity index is 124. The van der Waals surface area contributed by atoms with E-state index in [1.165, 1.54) is 0 Å².